The van der Waals surface area contributed by atoms with Crippen LogP contribution < -0.4 is 10.9 Å². The van der Waals surface area contributed by atoms with Gasteiger partial charge >= 0.3 is 0 Å². The molecular formula is C10H16BrN3O4. The van der Waals surface area contributed by atoms with Crippen molar-refractivity contribution in [1.29, 1.82) is 0 Å². The van der Waals surface area contributed by atoms with Gasteiger partial charge in [-0.05, 0) is 15.9 Å². The number of hydrogen-bond acceptors (Lipinski definition) is 6. The molecule has 0 aromatic carbocycles. The fraction of sp³-hybridized carbons (Fsp3) is 0.600. The first-order valence-electron chi connectivity index (χ1n) is 5.37. The van der Waals surface area contributed by atoms with Crippen LogP contribution in [0, 0.1) is 0 Å². The second kappa shape index (κ2) is 7.47. The molecular weight excluding hydrogens is 306 g/mol. The fourth-order valence-corrected chi connectivity index (χ4v) is 1.66. The number of hydrogen-bond donors (Lipinski definition) is 3. The van der Waals surface area contributed by atoms with Crippen molar-refractivity contribution in [1.82, 2.24) is 9.78 Å². The normalized spacial score (nSPS) is 12.4. The molecule has 1 unspecified atom stereocenters. The van der Waals surface area contributed by atoms with E-state index in [2.05, 4.69) is 26.3 Å². The zero-order chi connectivity index (χ0) is 13.5. The second-order valence-electron chi connectivity index (χ2n) is 3.61. The Hall–Kier alpha value is -0.960. The van der Waals surface area contributed by atoms with Crippen LogP contribution in [0.2, 0.25) is 0 Å². The minimum Gasteiger partial charge on any atom is -0.394 e. The van der Waals surface area contributed by atoms with Crippen LogP contribution in [0.1, 0.15) is 0 Å². The lowest BCUT2D eigenvalue weighted by Crippen LogP contribution is -2.28. The molecule has 1 heterocycles. The van der Waals surface area contributed by atoms with Crippen molar-refractivity contribution in [2.24, 2.45) is 0 Å². The van der Waals surface area contributed by atoms with Gasteiger partial charge in [0.1, 0.15) is 4.47 Å². The van der Waals surface area contributed by atoms with Crippen LogP contribution in [0.5, 0.6) is 0 Å². The van der Waals surface area contributed by atoms with Crippen molar-refractivity contribution in [3.8, 4) is 0 Å². The maximum absolute atomic E-state index is 11.9. The topological polar surface area (TPSA) is 96.6 Å². The third-order valence-electron chi connectivity index (χ3n) is 2.23. The average Bonchev–Trinajstić information content (AvgIpc) is 2.39. The van der Waals surface area contributed by atoms with E-state index >= 15 is 0 Å². The van der Waals surface area contributed by atoms with Gasteiger partial charge in [-0.3, -0.25) is 4.79 Å². The Morgan fingerprint density at radius 3 is 3.00 bits per heavy atom. The molecule has 0 saturated heterocycles. The minimum absolute atomic E-state index is 0.137. The van der Waals surface area contributed by atoms with E-state index in [1.807, 2.05) is 0 Å². The molecule has 0 bridgehead atoms. The third kappa shape index (κ3) is 4.05. The summed E-state index contributed by atoms with van der Waals surface area (Å²) in [5, 5.41) is 24.7. The van der Waals surface area contributed by atoms with E-state index in [0.717, 1.165) is 0 Å². The summed E-state index contributed by atoms with van der Waals surface area (Å²) in [5.74, 6) is 0. The van der Waals surface area contributed by atoms with Crippen LogP contribution in [-0.2, 0) is 11.3 Å². The lowest BCUT2D eigenvalue weighted by Gasteiger charge is -2.12. The molecule has 0 radical (unpaired) electrons. The summed E-state index contributed by atoms with van der Waals surface area (Å²) in [4.78, 5) is 11.9. The number of rotatable bonds is 7. The van der Waals surface area contributed by atoms with Gasteiger partial charge in [-0.15, -0.1) is 0 Å². The van der Waals surface area contributed by atoms with Crippen LogP contribution in [0.3, 0.4) is 0 Å². The highest BCUT2D eigenvalue weighted by Gasteiger charge is 2.09. The molecule has 0 aliphatic heterocycles. The Morgan fingerprint density at radius 2 is 2.39 bits per heavy atom. The quantitative estimate of drug-likeness (QED) is 0.621. The first-order valence-corrected chi connectivity index (χ1v) is 6.16. The van der Waals surface area contributed by atoms with E-state index in [-0.39, 0.29) is 18.7 Å². The van der Waals surface area contributed by atoms with Gasteiger partial charge in [0.05, 0.1) is 37.7 Å². The van der Waals surface area contributed by atoms with E-state index in [1.54, 1.807) is 7.11 Å². The molecule has 0 aliphatic carbocycles. The molecule has 1 rings (SSSR count). The van der Waals surface area contributed by atoms with Crippen LogP contribution in [0.15, 0.2) is 15.5 Å². The predicted molar refractivity (Wildman–Crippen MR) is 69.7 cm³/mol. The van der Waals surface area contributed by atoms with Crippen molar-refractivity contribution in [2.75, 3.05) is 32.2 Å². The van der Waals surface area contributed by atoms with Gasteiger partial charge in [-0.25, -0.2) is 4.68 Å². The number of aromatic nitrogens is 2. The number of halogens is 1. The zero-order valence-corrected chi connectivity index (χ0v) is 11.6. The number of methoxy groups -OCH3 is 1. The van der Waals surface area contributed by atoms with Crippen molar-refractivity contribution >= 4 is 21.6 Å². The smallest absolute Gasteiger partial charge is 0.283 e. The number of nitrogens with one attached hydrogen (secondary N) is 1. The summed E-state index contributed by atoms with van der Waals surface area (Å²) in [5.41, 5.74) is 0.191. The summed E-state index contributed by atoms with van der Waals surface area (Å²) >= 11 is 3.17. The molecule has 1 aromatic heterocycles. The second-order valence-corrected chi connectivity index (χ2v) is 4.40. The number of ether oxygens (including phenoxy) is 1. The van der Waals surface area contributed by atoms with Gasteiger partial charge in [0, 0.05) is 13.7 Å². The molecule has 102 valence electrons. The van der Waals surface area contributed by atoms with Crippen LogP contribution in [0.4, 0.5) is 5.69 Å². The van der Waals surface area contributed by atoms with Gasteiger partial charge in [-0.2, -0.15) is 5.10 Å². The first kappa shape index (κ1) is 15.1. The highest BCUT2D eigenvalue weighted by Crippen LogP contribution is 2.15. The van der Waals surface area contributed by atoms with Gasteiger partial charge in [0.2, 0.25) is 0 Å². The SMILES string of the molecule is COCCn1ncc(NCC(O)CO)c(Br)c1=O. The molecule has 1 atom stereocenters. The van der Waals surface area contributed by atoms with E-state index in [4.69, 9.17) is 9.84 Å². The zero-order valence-electron chi connectivity index (χ0n) is 9.97. The summed E-state index contributed by atoms with van der Waals surface area (Å²) in [6.45, 7) is 0.560. The Kier molecular flexibility index (Phi) is 6.27. The molecule has 18 heavy (non-hydrogen) atoms. The fourth-order valence-electron chi connectivity index (χ4n) is 1.22. The lowest BCUT2D eigenvalue weighted by molar-refractivity contribution is 0.105. The van der Waals surface area contributed by atoms with Gasteiger partial charge in [-0.1, -0.05) is 0 Å². The molecule has 0 amide bonds. The molecule has 0 fully saturated rings. The van der Waals surface area contributed by atoms with Crippen molar-refractivity contribution in [2.45, 2.75) is 12.6 Å². The largest absolute Gasteiger partial charge is 0.394 e. The maximum atomic E-state index is 11.9. The highest BCUT2D eigenvalue weighted by molar-refractivity contribution is 9.10. The van der Waals surface area contributed by atoms with E-state index in [9.17, 15) is 9.90 Å². The highest BCUT2D eigenvalue weighted by atomic mass is 79.9. The Bertz CT molecular complexity index is 438. The van der Waals surface area contributed by atoms with E-state index in [1.165, 1.54) is 10.9 Å². The van der Waals surface area contributed by atoms with Crippen LogP contribution >= 0.6 is 15.9 Å². The van der Waals surface area contributed by atoms with E-state index < -0.39 is 6.10 Å². The van der Waals surface area contributed by atoms with Crippen molar-refractivity contribution in [3.63, 3.8) is 0 Å². The summed E-state index contributed by atoms with van der Waals surface area (Å²) < 4.78 is 6.48. The molecule has 8 heteroatoms. The number of aliphatic hydroxyl groups is 2. The number of aliphatic hydroxyl groups excluding tert-OH is 2. The lowest BCUT2D eigenvalue weighted by atomic mass is 10.3. The Balaban J connectivity index is 2.77. The molecule has 3 N–H and O–H groups in total. The van der Waals surface area contributed by atoms with Crippen molar-refractivity contribution in [3.05, 3.63) is 21.0 Å². The van der Waals surface area contributed by atoms with E-state index in [0.29, 0.717) is 23.3 Å². The summed E-state index contributed by atoms with van der Waals surface area (Å²) in [6.07, 6.45) is 0.596. The predicted octanol–water partition coefficient (Wildman–Crippen LogP) is -0.583. The molecule has 0 aliphatic rings. The Labute approximate surface area is 113 Å². The number of anilines is 1. The average molecular weight is 322 g/mol. The standard InChI is InChI=1S/C10H16BrN3O4/c1-18-3-2-14-10(17)9(11)8(5-13-14)12-4-7(16)6-15/h5,7,12,15-16H,2-4,6H2,1H3. The van der Waals surface area contributed by atoms with Gasteiger partial charge in [0.25, 0.3) is 5.56 Å². The van der Waals surface area contributed by atoms with Crippen LogP contribution in [-0.4, -0.2) is 53.0 Å². The van der Waals surface area contributed by atoms with Gasteiger partial charge in [0.15, 0.2) is 0 Å². The molecule has 7 nitrogen and oxygen atoms in total. The van der Waals surface area contributed by atoms with Crippen molar-refractivity contribution < 1.29 is 14.9 Å². The van der Waals surface area contributed by atoms with Crippen LogP contribution in [0.25, 0.3) is 0 Å². The molecule has 0 saturated carbocycles. The number of nitrogens with zero attached hydrogens (tertiary/aromatic N) is 2. The summed E-state index contributed by atoms with van der Waals surface area (Å²) in [7, 11) is 1.55. The summed E-state index contributed by atoms with van der Waals surface area (Å²) in [6, 6.07) is 0. The first-order chi connectivity index (χ1) is 8.60. The Morgan fingerprint density at radius 1 is 1.67 bits per heavy atom. The third-order valence-corrected chi connectivity index (χ3v) is 3.00. The minimum atomic E-state index is -0.882. The molecule has 0 spiro atoms. The molecule has 1 aromatic rings. The van der Waals surface area contributed by atoms with Gasteiger partial charge < -0.3 is 20.3 Å². The monoisotopic (exact) mass is 321 g/mol. The maximum Gasteiger partial charge on any atom is 0.283 e.